The van der Waals surface area contributed by atoms with Gasteiger partial charge in [-0.2, -0.15) is 0 Å². The molecule has 0 radical (unpaired) electrons. The van der Waals surface area contributed by atoms with E-state index in [1.807, 2.05) is 0 Å². The zero-order chi connectivity index (χ0) is 9.72. The van der Waals surface area contributed by atoms with E-state index in [-0.39, 0.29) is 12.6 Å². The summed E-state index contributed by atoms with van der Waals surface area (Å²) in [5.74, 6) is -0.493. The molecule has 0 saturated heterocycles. The molecule has 0 aliphatic carbocycles. The minimum absolute atomic E-state index is 0.0203. The van der Waals surface area contributed by atoms with Crippen LogP contribution in [0.5, 0.6) is 0 Å². The number of hydrogen-bond donors (Lipinski definition) is 1. The number of hydrogen-bond acceptors (Lipinski definition) is 2. The first kappa shape index (κ1) is 10.7. The van der Waals surface area contributed by atoms with E-state index in [4.69, 9.17) is 5.73 Å². The van der Waals surface area contributed by atoms with Crippen molar-refractivity contribution < 1.29 is 9.59 Å². The Kier molecular flexibility index (Phi) is 4.10. The first-order chi connectivity index (χ1) is 5.49. The van der Waals surface area contributed by atoms with Gasteiger partial charge in [0, 0.05) is 20.6 Å². The van der Waals surface area contributed by atoms with Crippen LogP contribution < -0.4 is 5.73 Å². The fraction of sp³-hybridized carbons (Fsp3) is 0.714. The number of carbonyl (C=O) groups is 2. The average molecular weight is 173 g/mol. The van der Waals surface area contributed by atoms with Gasteiger partial charge in [0.1, 0.15) is 6.54 Å². The van der Waals surface area contributed by atoms with E-state index in [9.17, 15) is 9.59 Å². The van der Waals surface area contributed by atoms with Crippen LogP contribution in [0.25, 0.3) is 0 Å². The molecule has 0 aromatic carbocycles. The normalized spacial score (nSPS) is 9.25. The first-order valence-electron chi connectivity index (χ1n) is 3.73. The van der Waals surface area contributed by atoms with Crippen LogP contribution in [-0.4, -0.2) is 48.9 Å². The SMILES string of the molecule is CCN(CC(N)=O)C(=O)N(C)C. The molecule has 0 fully saturated rings. The second-order valence-corrected chi connectivity index (χ2v) is 2.66. The van der Waals surface area contributed by atoms with Crippen molar-refractivity contribution in [3.63, 3.8) is 0 Å². The van der Waals surface area contributed by atoms with E-state index in [1.54, 1.807) is 21.0 Å². The van der Waals surface area contributed by atoms with Crippen molar-refractivity contribution in [2.24, 2.45) is 5.73 Å². The Balaban J connectivity index is 4.15. The smallest absolute Gasteiger partial charge is 0.319 e. The molecule has 70 valence electrons. The van der Waals surface area contributed by atoms with E-state index >= 15 is 0 Å². The van der Waals surface area contributed by atoms with Crippen molar-refractivity contribution in [1.29, 1.82) is 0 Å². The number of primary amides is 1. The van der Waals surface area contributed by atoms with Crippen LogP contribution in [0.2, 0.25) is 0 Å². The summed E-state index contributed by atoms with van der Waals surface area (Å²) in [5.41, 5.74) is 4.96. The molecular weight excluding hydrogens is 158 g/mol. The summed E-state index contributed by atoms with van der Waals surface area (Å²) in [5, 5.41) is 0. The van der Waals surface area contributed by atoms with Crippen LogP contribution in [0.4, 0.5) is 4.79 Å². The summed E-state index contributed by atoms with van der Waals surface area (Å²) in [6.45, 7) is 2.26. The Morgan fingerprint density at radius 1 is 1.33 bits per heavy atom. The predicted octanol–water partition coefficient (Wildman–Crippen LogP) is -0.525. The largest absolute Gasteiger partial charge is 0.368 e. The highest BCUT2D eigenvalue weighted by Crippen LogP contribution is 1.92. The van der Waals surface area contributed by atoms with Crippen LogP contribution in [-0.2, 0) is 4.79 Å². The Labute approximate surface area is 72.1 Å². The minimum Gasteiger partial charge on any atom is -0.368 e. The van der Waals surface area contributed by atoms with Crippen molar-refractivity contribution in [1.82, 2.24) is 9.80 Å². The summed E-state index contributed by atoms with van der Waals surface area (Å²) in [4.78, 5) is 24.5. The van der Waals surface area contributed by atoms with Gasteiger partial charge < -0.3 is 15.5 Å². The van der Waals surface area contributed by atoms with Crippen molar-refractivity contribution in [3.8, 4) is 0 Å². The molecule has 0 aliphatic rings. The summed E-state index contributed by atoms with van der Waals surface area (Å²) < 4.78 is 0. The molecule has 0 aliphatic heterocycles. The Hall–Kier alpha value is -1.26. The summed E-state index contributed by atoms with van der Waals surface area (Å²) in [6.07, 6.45) is 0. The van der Waals surface area contributed by atoms with E-state index in [1.165, 1.54) is 9.80 Å². The maximum atomic E-state index is 11.3. The molecule has 0 aromatic rings. The van der Waals surface area contributed by atoms with Gasteiger partial charge in [0.05, 0.1) is 0 Å². The zero-order valence-corrected chi connectivity index (χ0v) is 7.70. The van der Waals surface area contributed by atoms with Gasteiger partial charge in [0.25, 0.3) is 0 Å². The lowest BCUT2D eigenvalue weighted by atomic mass is 10.5. The van der Waals surface area contributed by atoms with Crippen LogP contribution >= 0.6 is 0 Å². The second kappa shape index (κ2) is 4.58. The van der Waals surface area contributed by atoms with E-state index in [0.717, 1.165) is 0 Å². The number of likely N-dealkylation sites (N-methyl/N-ethyl adjacent to an activating group) is 1. The molecule has 5 nitrogen and oxygen atoms in total. The van der Waals surface area contributed by atoms with Gasteiger partial charge in [-0.25, -0.2) is 4.79 Å². The highest BCUT2D eigenvalue weighted by molar-refractivity contribution is 5.82. The maximum Gasteiger partial charge on any atom is 0.319 e. The van der Waals surface area contributed by atoms with Crippen LogP contribution in [0.1, 0.15) is 6.92 Å². The lowest BCUT2D eigenvalue weighted by Crippen LogP contribution is -2.43. The second-order valence-electron chi connectivity index (χ2n) is 2.66. The molecule has 0 rings (SSSR count). The topological polar surface area (TPSA) is 66.6 Å². The van der Waals surface area contributed by atoms with Gasteiger partial charge in [-0.15, -0.1) is 0 Å². The number of amides is 3. The standard InChI is InChI=1S/C7H15N3O2/c1-4-10(5-6(8)11)7(12)9(2)3/h4-5H2,1-3H3,(H2,8,11). The molecule has 0 atom stereocenters. The Morgan fingerprint density at radius 2 is 1.83 bits per heavy atom. The van der Waals surface area contributed by atoms with Crippen molar-refractivity contribution in [2.45, 2.75) is 6.92 Å². The summed E-state index contributed by atoms with van der Waals surface area (Å²) >= 11 is 0. The molecule has 0 heterocycles. The third-order valence-corrected chi connectivity index (χ3v) is 1.38. The molecule has 5 heteroatoms. The minimum atomic E-state index is -0.493. The first-order valence-corrected chi connectivity index (χ1v) is 3.73. The molecule has 12 heavy (non-hydrogen) atoms. The Bertz CT molecular complexity index is 179. The van der Waals surface area contributed by atoms with Gasteiger partial charge in [-0.3, -0.25) is 4.79 Å². The van der Waals surface area contributed by atoms with Crippen LogP contribution in [0.15, 0.2) is 0 Å². The van der Waals surface area contributed by atoms with E-state index in [2.05, 4.69) is 0 Å². The van der Waals surface area contributed by atoms with Crippen LogP contribution in [0, 0.1) is 0 Å². The van der Waals surface area contributed by atoms with Gasteiger partial charge >= 0.3 is 6.03 Å². The van der Waals surface area contributed by atoms with E-state index in [0.29, 0.717) is 6.54 Å². The highest BCUT2D eigenvalue weighted by Gasteiger charge is 2.14. The molecule has 0 bridgehead atoms. The maximum absolute atomic E-state index is 11.3. The average Bonchev–Trinajstić information content (AvgIpc) is 1.98. The van der Waals surface area contributed by atoms with Crippen LogP contribution in [0.3, 0.4) is 0 Å². The third kappa shape index (κ3) is 3.23. The summed E-state index contributed by atoms with van der Waals surface area (Å²) in [7, 11) is 3.26. The fourth-order valence-corrected chi connectivity index (χ4v) is 0.786. The van der Waals surface area contributed by atoms with Crippen molar-refractivity contribution >= 4 is 11.9 Å². The van der Waals surface area contributed by atoms with Crippen molar-refractivity contribution in [2.75, 3.05) is 27.2 Å². The van der Waals surface area contributed by atoms with Crippen molar-refractivity contribution in [3.05, 3.63) is 0 Å². The number of urea groups is 1. The number of nitrogens with zero attached hydrogens (tertiary/aromatic N) is 2. The molecule has 0 aromatic heterocycles. The fourth-order valence-electron chi connectivity index (χ4n) is 0.786. The molecule has 0 saturated carbocycles. The van der Waals surface area contributed by atoms with Gasteiger partial charge in [0.2, 0.25) is 5.91 Å². The molecule has 0 spiro atoms. The van der Waals surface area contributed by atoms with E-state index < -0.39 is 5.91 Å². The predicted molar refractivity (Wildman–Crippen MR) is 45.5 cm³/mol. The number of rotatable bonds is 3. The number of nitrogens with two attached hydrogens (primary N) is 1. The lowest BCUT2D eigenvalue weighted by molar-refractivity contribution is -0.118. The third-order valence-electron chi connectivity index (χ3n) is 1.38. The lowest BCUT2D eigenvalue weighted by Gasteiger charge is -2.23. The molecular formula is C7H15N3O2. The van der Waals surface area contributed by atoms with Gasteiger partial charge in [-0.05, 0) is 6.92 Å². The molecule has 0 unspecified atom stereocenters. The Morgan fingerprint density at radius 3 is 2.08 bits per heavy atom. The zero-order valence-electron chi connectivity index (χ0n) is 7.70. The molecule has 2 N–H and O–H groups in total. The summed E-state index contributed by atoms with van der Waals surface area (Å²) in [6, 6.07) is -0.198. The number of carbonyl (C=O) groups excluding carboxylic acids is 2. The van der Waals surface area contributed by atoms with Gasteiger partial charge in [0.15, 0.2) is 0 Å². The quantitative estimate of drug-likeness (QED) is 0.623. The highest BCUT2D eigenvalue weighted by atomic mass is 16.2. The molecule has 3 amide bonds. The van der Waals surface area contributed by atoms with Gasteiger partial charge in [-0.1, -0.05) is 0 Å². The monoisotopic (exact) mass is 173 g/mol.